The van der Waals surface area contributed by atoms with Crippen LogP contribution in [0, 0.1) is 0 Å². The van der Waals surface area contributed by atoms with Crippen molar-refractivity contribution in [1.29, 1.82) is 0 Å². The molecular weight excluding hydrogens is 228 g/mol. The Bertz CT molecular complexity index is 432. The lowest BCUT2D eigenvalue weighted by atomic mass is 9.98. The molecule has 4 heteroatoms. The number of hydrogen-bond acceptors (Lipinski definition) is 3. The van der Waals surface area contributed by atoms with Crippen LogP contribution in [0.1, 0.15) is 29.3 Å². The third kappa shape index (κ3) is 2.82. The summed E-state index contributed by atoms with van der Waals surface area (Å²) in [4.78, 5) is 14.1. The van der Waals surface area contributed by atoms with Crippen molar-refractivity contribution in [2.45, 2.75) is 19.8 Å². The summed E-state index contributed by atoms with van der Waals surface area (Å²) in [6, 6.07) is 5.58. The number of carbonyl (C=O) groups is 1. The fourth-order valence-corrected chi connectivity index (χ4v) is 2.17. The van der Waals surface area contributed by atoms with Crippen LogP contribution in [0.5, 0.6) is 0 Å². The zero-order valence-corrected chi connectivity index (χ0v) is 10.8. The summed E-state index contributed by atoms with van der Waals surface area (Å²) >= 11 is 0. The van der Waals surface area contributed by atoms with Gasteiger partial charge in [-0.05, 0) is 30.5 Å². The fraction of sp³-hybridized carbons (Fsp3) is 0.500. The van der Waals surface area contributed by atoms with Crippen LogP contribution in [-0.4, -0.2) is 37.1 Å². The molecule has 1 aliphatic heterocycles. The summed E-state index contributed by atoms with van der Waals surface area (Å²) in [7, 11) is 0. The van der Waals surface area contributed by atoms with Crippen LogP contribution in [-0.2, 0) is 11.2 Å². The van der Waals surface area contributed by atoms with Gasteiger partial charge in [0.1, 0.15) is 0 Å². The molecule has 4 nitrogen and oxygen atoms in total. The molecule has 18 heavy (non-hydrogen) atoms. The molecule has 2 rings (SSSR count). The van der Waals surface area contributed by atoms with Gasteiger partial charge in [-0.15, -0.1) is 0 Å². The molecule has 1 amide bonds. The third-order valence-electron chi connectivity index (χ3n) is 3.16. The Labute approximate surface area is 108 Å². The highest BCUT2D eigenvalue weighted by Crippen LogP contribution is 2.21. The summed E-state index contributed by atoms with van der Waals surface area (Å²) in [6.07, 6.45) is 1.91. The van der Waals surface area contributed by atoms with Crippen molar-refractivity contribution >= 4 is 11.6 Å². The minimum atomic E-state index is 0.0728. The number of ether oxygens (including phenoxy) is 1. The number of carbonyl (C=O) groups excluding carboxylic acids is 1. The van der Waals surface area contributed by atoms with Crippen LogP contribution >= 0.6 is 0 Å². The maximum atomic E-state index is 12.2. The van der Waals surface area contributed by atoms with Gasteiger partial charge in [0.2, 0.25) is 0 Å². The van der Waals surface area contributed by atoms with Crippen LogP contribution in [0.2, 0.25) is 0 Å². The molecule has 0 saturated carbocycles. The summed E-state index contributed by atoms with van der Waals surface area (Å²) in [5, 5.41) is 0. The number of benzene rings is 1. The summed E-state index contributed by atoms with van der Waals surface area (Å²) < 4.78 is 5.43. The van der Waals surface area contributed by atoms with Gasteiger partial charge < -0.3 is 15.4 Å². The van der Waals surface area contributed by atoms with Crippen molar-refractivity contribution in [3.63, 3.8) is 0 Å². The Morgan fingerprint density at radius 3 is 3.00 bits per heavy atom. The van der Waals surface area contributed by atoms with Crippen LogP contribution in [0.4, 0.5) is 5.69 Å². The summed E-state index contributed by atoms with van der Waals surface area (Å²) in [5.41, 5.74) is 8.22. The average molecular weight is 248 g/mol. The Balaban J connectivity index is 1.99. The van der Waals surface area contributed by atoms with E-state index in [9.17, 15) is 4.79 Å². The summed E-state index contributed by atoms with van der Waals surface area (Å²) in [5.74, 6) is 0.0728. The van der Waals surface area contributed by atoms with E-state index in [0.29, 0.717) is 18.8 Å². The van der Waals surface area contributed by atoms with Crippen LogP contribution in [0.15, 0.2) is 18.2 Å². The van der Waals surface area contributed by atoms with Crippen molar-refractivity contribution in [3.8, 4) is 0 Å². The van der Waals surface area contributed by atoms with Crippen LogP contribution < -0.4 is 5.73 Å². The second-order valence-electron chi connectivity index (χ2n) is 4.57. The first-order valence-corrected chi connectivity index (χ1v) is 6.47. The lowest BCUT2D eigenvalue weighted by molar-refractivity contribution is 0.0627. The van der Waals surface area contributed by atoms with Gasteiger partial charge in [-0.25, -0.2) is 0 Å². The van der Waals surface area contributed by atoms with Gasteiger partial charge in [0.05, 0.1) is 6.61 Å². The molecule has 1 aromatic rings. The molecule has 0 fully saturated rings. The fourth-order valence-electron chi connectivity index (χ4n) is 2.17. The predicted octanol–water partition coefficient (Wildman–Crippen LogP) is 1.69. The summed E-state index contributed by atoms with van der Waals surface area (Å²) in [6.45, 7) is 4.87. The number of nitrogens with zero attached hydrogens (tertiary/aromatic N) is 1. The topological polar surface area (TPSA) is 55.6 Å². The molecule has 0 atom stereocenters. The third-order valence-corrected chi connectivity index (χ3v) is 3.16. The largest absolute Gasteiger partial charge is 0.399 e. The smallest absolute Gasteiger partial charge is 0.254 e. The van der Waals surface area contributed by atoms with Gasteiger partial charge in [0.25, 0.3) is 5.91 Å². The van der Waals surface area contributed by atoms with Crippen molar-refractivity contribution in [1.82, 2.24) is 4.90 Å². The number of anilines is 1. The first-order valence-electron chi connectivity index (χ1n) is 6.47. The van der Waals surface area contributed by atoms with Gasteiger partial charge in [0.15, 0.2) is 0 Å². The van der Waals surface area contributed by atoms with E-state index in [1.807, 2.05) is 17.0 Å². The van der Waals surface area contributed by atoms with Crippen molar-refractivity contribution in [2.75, 3.05) is 32.0 Å². The SMILES string of the molecule is CCCOCCN1CCc2ccc(N)cc2C1=O. The molecule has 2 N–H and O–H groups in total. The van der Waals surface area contributed by atoms with E-state index in [-0.39, 0.29) is 5.91 Å². The lowest BCUT2D eigenvalue weighted by Gasteiger charge is -2.28. The monoisotopic (exact) mass is 248 g/mol. The van der Waals surface area contributed by atoms with Gasteiger partial charge in [-0.3, -0.25) is 4.79 Å². The predicted molar refractivity (Wildman–Crippen MR) is 71.6 cm³/mol. The zero-order chi connectivity index (χ0) is 13.0. The molecule has 1 heterocycles. The molecule has 1 aliphatic rings. The van der Waals surface area contributed by atoms with Gasteiger partial charge in [0, 0.05) is 30.9 Å². The highest BCUT2D eigenvalue weighted by atomic mass is 16.5. The van der Waals surface area contributed by atoms with Gasteiger partial charge in [-0.2, -0.15) is 0 Å². The quantitative estimate of drug-likeness (QED) is 0.637. The molecule has 0 aromatic heterocycles. The number of rotatable bonds is 5. The van der Waals surface area contributed by atoms with E-state index in [4.69, 9.17) is 10.5 Å². The standard InChI is InChI=1S/C14H20N2O2/c1-2-8-18-9-7-16-6-5-11-3-4-12(15)10-13(11)14(16)17/h3-4,10H,2,5-9,15H2,1H3. The first kappa shape index (κ1) is 12.9. The number of fused-ring (bicyclic) bond motifs is 1. The van der Waals surface area contributed by atoms with Crippen molar-refractivity contribution < 1.29 is 9.53 Å². The normalized spacial score (nSPS) is 14.7. The minimum Gasteiger partial charge on any atom is -0.399 e. The molecule has 0 aliphatic carbocycles. The molecule has 0 radical (unpaired) electrons. The number of amides is 1. The van der Waals surface area contributed by atoms with E-state index in [0.717, 1.165) is 37.1 Å². The molecule has 0 saturated heterocycles. The lowest BCUT2D eigenvalue weighted by Crippen LogP contribution is -2.39. The van der Waals surface area contributed by atoms with E-state index in [1.54, 1.807) is 6.07 Å². The maximum absolute atomic E-state index is 12.2. The zero-order valence-electron chi connectivity index (χ0n) is 10.8. The van der Waals surface area contributed by atoms with E-state index in [1.165, 1.54) is 0 Å². The Morgan fingerprint density at radius 1 is 1.39 bits per heavy atom. The van der Waals surface area contributed by atoms with E-state index >= 15 is 0 Å². The maximum Gasteiger partial charge on any atom is 0.254 e. The van der Waals surface area contributed by atoms with Crippen LogP contribution in [0.25, 0.3) is 0 Å². The molecule has 0 spiro atoms. The highest BCUT2D eigenvalue weighted by Gasteiger charge is 2.23. The molecule has 98 valence electrons. The first-order chi connectivity index (χ1) is 8.72. The van der Waals surface area contributed by atoms with E-state index in [2.05, 4.69) is 6.92 Å². The van der Waals surface area contributed by atoms with Gasteiger partial charge >= 0.3 is 0 Å². The number of hydrogen-bond donors (Lipinski definition) is 1. The Hall–Kier alpha value is -1.55. The number of nitrogen functional groups attached to an aromatic ring is 1. The van der Waals surface area contributed by atoms with Crippen LogP contribution in [0.3, 0.4) is 0 Å². The average Bonchev–Trinajstić information content (AvgIpc) is 2.38. The molecule has 0 bridgehead atoms. The molecular formula is C14H20N2O2. The molecule has 1 aromatic carbocycles. The highest BCUT2D eigenvalue weighted by molar-refractivity contribution is 5.97. The minimum absolute atomic E-state index is 0.0728. The van der Waals surface area contributed by atoms with Crippen molar-refractivity contribution in [3.05, 3.63) is 29.3 Å². The molecule has 0 unspecified atom stereocenters. The second kappa shape index (κ2) is 5.87. The Morgan fingerprint density at radius 2 is 2.22 bits per heavy atom. The van der Waals surface area contributed by atoms with Crippen molar-refractivity contribution in [2.24, 2.45) is 0 Å². The second-order valence-corrected chi connectivity index (χ2v) is 4.57. The number of nitrogens with two attached hydrogens (primary N) is 1. The van der Waals surface area contributed by atoms with Gasteiger partial charge in [-0.1, -0.05) is 13.0 Å². The Kier molecular flexibility index (Phi) is 4.20. The van der Waals surface area contributed by atoms with E-state index < -0.39 is 0 Å².